The van der Waals surface area contributed by atoms with E-state index >= 15 is 0 Å². The summed E-state index contributed by atoms with van der Waals surface area (Å²) in [5, 5.41) is 0. The van der Waals surface area contributed by atoms with E-state index in [1.165, 1.54) is 18.5 Å². The molecule has 0 aromatic carbocycles. The number of H-pyrrole nitrogens is 1. The van der Waals surface area contributed by atoms with Crippen molar-refractivity contribution in [2.75, 3.05) is 0 Å². The van der Waals surface area contributed by atoms with E-state index in [0.717, 1.165) is 11.5 Å². The van der Waals surface area contributed by atoms with Crippen LogP contribution in [0.15, 0.2) is 30.5 Å². The third-order valence-corrected chi connectivity index (χ3v) is 3.11. The number of hydrogen-bond donors (Lipinski definition) is 1. The Morgan fingerprint density at radius 1 is 1.35 bits per heavy atom. The highest BCUT2D eigenvalue weighted by atomic mass is 32.1. The molecule has 86 valence electrons. The molecule has 0 bridgehead atoms. The lowest BCUT2D eigenvalue weighted by molar-refractivity contribution is 0.878. The van der Waals surface area contributed by atoms with Gasteiger partial charge in [-0.25, -0.2) is 4.98 Å². The SMILES string of the molecule is S=c1cc(C2CC2)[nH]c(Cc2ccccn2)n1. The molecule has 17 heavy (non-hydrogen) atoms. The van der Waals surface area contributed by atoms with E-state index in [4.69, 9.17) is 12.2 Å². The van der Waals surface area contributed by atoms with Gasteiger partial charge in [0.15, 0.2) is 0 Å². The van der Waals surface area contributed by atoms with Crippen LogP contribution in [0.2, 0.25) is 0 Å². The van der Waals surface area contributed by atoms with Crippen molar-refractivity contribution in [3.63, 3.8) is 0 Å². The fourth-order valence-corrected chi connectivity index (χ4v) is 2.14. The summed E-state index contributed by atoms with van der Waals surface area (Å²) in [6.45, 7) is 0. The van der Waals surface area contributed by atoms with Crippen LogP contribution in [0.1, 0.15) is 36.0 Å². The van der Waals surface area contributed by atoms with Crippen LogP contribution in [0.25, 0.3) is 0 Å². The van der Waals surface area contributed by atoms with Gasteiger partial charge in [0, 0.05) is 24.0 Å². The lowest BCUT2D eigenvalue weighted by atomic mass is 10.2. The van der Waals surface area contributed by atoms with Gasteiger partial charge < -0.3 is 4.98 Å². The standard InChI is InChI=1S/C13H13N3S/c17-13-8-11(9-4-5-9)15-12(16-13)7-10-3-1-2-6-14-10/h1-3,6,8-9H,4-5,7H2,(H,15,16,17). The second-order valence-corrected chi connectivity index (χ2v) is 4.81. The normalized spacial score (nSPS) is 14.8. The summed E-state index contributed by atoms with van der Waals surface area (Å²) in [6.07, 6.45) is 5.04. The van der Waals surface area contributed by atoms with Gasteiger partial charge in [0.25, 0.3) is 0 Å². The highest BCUT2D eigenvalue weighted by Gasteiger charge is 2.24. The molecule has 2 aromatic heterocycles. The maximum atomic E-state index is 5.20. The van der Waals surface area contributed by atoms with Crippen molar-refractivity contribution in [2.45, 2.75) is 25.2 Å². The number of hydrogen-bond acceptors (Lipinski definition) is 3. The van der Waals surface area contributed by atoms with Gasteiger partial charge in [0.1, 0.15) is 10.5 Å². The van der Waals surface area contributed by atoms with Crippen molar-refractivity contribution >= 4 is 12.2 Å². The lowest BCUT2D eigenvalue weighted by Crippen LogP contribution is -2.01. The van der Waals surface area contributed by atoms with E-state index in [1.54, 1.807) is 6.20 Å². The van der Waals surface area contributed by atoms with Crippen LogP contribution in [-0.4, -0.2) is 15.0 Å². The lowest BCUT2D eigenvalue weighted by Gasteiger charge is -2.04. The van der Waals surface area contributed by atoms with E-state index in [9.17, 15) is 0 Å². The van der Waals surface area contributed by atoms with Crippen LogP contribution in [-0.2, 0) is 6.42 Å². The van der Waals surface area contributed by atoms with Crippen LogP contribution in [0.4, 0.5) is 0 Å². The van der Waals surface area contributed by atoms with Crippen LogP contribution >= 0.6 is 12.2 Å². The molecule has 3 nitrogen and oxygen atoms in total. The van der Waals surface area contributed by atoms with Crippen LogP contribution < -0.4 is 0 Å². The minimum atomic E-state index is 0.669. The first kappa shape index (κ1) is 10.6. The van der Waals surface area contributed by atoms with Gasteiger partial charge in [0.05, 0.1) is 0 Å². The van der Waals surface area contributed by atoms with E-state index < -0.39 is 0 Å². The van der Waals surface area contributed by atoms with E-state index in [0.29, 0.717) is 17.0 Å². The number of aromatic nitrogens is 3. The van der Waals surface area contributed by atoms with Gasteiger partial charge in [-0.3, -0.25) is 4.98 Å². The average molecular weight is 243 g/mol. The molecule has 0 unspecified atom stereocenters. The molecule has 0 atom stereocenters. The summed E-state index contributed by atoms with van der Waals surface area (Å²) in [5.41, 5.74) is 2.24. The van der Waals surface area contributed by atoms with Crippen molar-refractivity contribution in [2.24, 2.45) is 0 Å². The minimum absolute atomic E-state index is 0.669. The Kier molecular flexibility index (Phi) is 2.73. The quantitative estimate of drug-likeness (QED) is 0.843. The zero-order chi connectivity index (χ0) is 11.7. The molecule has 2 heterocycles. The van der Waals surface area contributed by atoms with Crippen molar-refractivity contribution < 1.29 is 0 Å². The highest BCUT2D eigenvalue weighted by Crippen LogP contribution is 2.38. The molecule has 4 heteroatoms. The van der Waals surface area contributed by atoms with Crippen molar-refractivity contribution in [1.82, 2.24) is 15.0 Å². The molecular formula is C13H13N3S. The van der Waals surface area contributed by atoms with Crippen LogP contribution in [0.5, 0.6) is 0 Å². The Balaban J connectivity index is 1.90. The average Bonchev–Trinajstić information content (AvgIpc) is 3.13. The Hall–Kier alpha value is -1.55. The maximum Gasteiger partial charge on any atom is 0.130 e. The molecule has 0 aliphatic heterocycles. The van der Waals surface area contributed by atoms with Gasteiger partial charge in [-0.2, -0.15) is 0 Å². The predicted molar refractivity (Wildman–Crippen MR) is 68.4 cm³/mol. The highest BCUT2D eigenvalue weighted by molar-refractivity contribution is 7.71. The molecule has 0 saturated heterocycles. The van der Waals surface area contributed by atoms with Gasteiger partial charge in [-0.15, -0.1) is 0 Å². The molecule has 1 aliphatic carbocycles. The molecule has 1 saturated carbocycles. The molecule has 2 aromatic rings. The number of nitrogens with one attached hydrogen (secondary N) is 1. The summed E-state index contributed by atoms with van der Waals surface area (Å²) in [6, 6.07) is 7.89. The van der Waals surface area contributed by atoms with Gasteiger partial charge in [-0.1, -0.05) is 18.3 Å². The van der Waals surface area contributed by atoms with Crippen molar-refractivity contribution in [3.8, 4) is 0 Å². The Labute approximate surface area is 105 Å². The fourth-order valence-electron chi connectivity index (χ4n) is 1.90. The number of aromatic amines is 1. The van der Waals surface area contributed by atoms with Gasteiger partial charge in [0.2, 0.25) is 0 Å². The second-order valence-electron chi connectivity index (χ2n) is 4.39. The molecule has 1 fully saturated rings. The first-order valence-electron chi connectivity index (χ1n) is 5.81. The smallest absolute Gasteiger partial charge is 0.130 e. The Bertz CT molecular complexity index is 573. The zero-order valence-corrected chi connectivity index (χ0v) is 10.2. The molecule has 1 aliphatic rings. The van der Waals surface area contributed by atoms with Crippen LogP contribution in [0, 0.1) is 4.64 Å². The molecule has 0 radical (unpaired) electrons. The van der Waals surface area contributed by atoms with E-state index in [-0.39, 0.29) is 0 Å². The van der Waals surface area contributed by atoms with Crippen molar-refractivity contribution in [3.05, 3.63) is 52.3 Å². The summed E-state index contributed by atoms with van der Waals surface area (Å²) in [5.74, 6) is 1.58. The second kappa shape index (κ2) is 4.37. The summed E-state index contributed by atoms with van der Waals surface area (Å²) < 4.78 is 0.677. The first-order chi connectivity index (χ1) is 8.31. The number of nitrogens with zero attached hydrogens (tertiary/aromatic N) is 2. The Morgan fingerprint density at radius 3 is 2.94 bits per heavy atom. The molecule has 0 amide bonds. The van der Waals surface area contributed by atoms with Crippen LogP contribution in [0.3, 0.4) is 0 Å². The third kappa shape index (κ3) is 2.58. The zero-order valence-electron chi connectivity index (χ0n) is 9.39. The van der Waals surface area contributed by atoms with Crippen molar-refractivity contribution in [1.29, 1.82) is 0 Å². The molecule has 0 spiro atoms. The molecular weight excluding hydrogens is 230 g/mol. The summed E-state index contributed by atoms with van der Waals surface area (Å²) in [4.78, 5) is 12.0. The topological polar surface area (TPSA) is 41.6 Å². The summed E-state index contributed by atoms with van der Waals surface area (Å²) in [7, 11) is 0. The number of rotatable bonds is 3. The first-order valence-corrected chi connectivity index (χ1v) is 6.22. The molecule has 1 N–H and O–H groups in total. The molecule has 3 rings (SSSR count). The van der Waals surface area contributed by atoms with Gasteiger partial charge in [-0.05, 0) is 37.0 Å². The number of pyridine rings is 1. The minimum Gasteiger partial charge on any atom is -0.347 e. The van der Waals surface area contributed by atoms with E-state index in [1.807, 2.05) is 24.3 Å². The fraction of sp³-hybridized carbons (Fsp3) is 0.308. The third-order valence-electron chi connectivity index (χ3n) is 2.90. The Morgan fingerprint density at radius 2 is 2.24 bits per heavy atom. The summed E-state index contributed by atoms with van der Waals surface area (Å²) >= 11 is 5.20. The monoisotopic (exact) mass is 243 g/mol. The largest absolute Gasteiger partial charge is 0.347 e. The van der Waals surface area contributed by atoms with Gasteiger partial charge >= 0.3 is 0 Å². The maximum absolute atomic E-state index is 5.20. The van der Waals surface area contributed by atoms with E-state index in [2.05, 4.69) is 15.0 Å². The predicted octanol–water partition coefficient (Wildman–Crippen LogP) is 3.00.